The largest absolute Gasteiger partial charge is 0.507 e. The van der Waals surface area contributed by atoms with Crippen LogP contribution in [0, 0.1) is 34.5 Å². The van der Waals surface area contributed by atoms with Crippen molar-refractivity contribution >= 4 is 34.7 Å². The van der Waals surface area contributed by atoms with Crippen molar-refractivity contribution in [2.24, 2.45) is 34.5 Å². The monoisotopic (exact) mass is 566 g/mol. The molecule has 4 rings (SSSR count). The number of fused-ring (bicyclic) bond motifs is 3. The summed E-state index contributed by atoms with van der Waals surface area (Å²) < 4.78 is 0. The molecule has 3 unspecified atom stereocenters. The molecule has 0 spiro atoms. The van der Waals surface area contributed by atoms with Crippen LogP contribution in [-0.2, 0) is 36.8 Å². The number of rotatable bonds is 7. The van der Waals surface area contributed by atoms with Crippen LogP contribution in [0.4, 0.5) is 0 Å². The van der Waals surface area contributed by atoms with Crippen LogP contribution in [0.15, 0.2) is 6.07 Å². The van der Waals surface area contributed by atoms with Gasteiger partial charge in [-0.25, -0.2) is 0 Å². The molecule has 0 amide bonds. The Morgan fingerprint density at radius 1 is 1.05 bits per heavy atom. The molecule has 0 heterocycles. The van der Waals surface area contributed by atoms with E-state index in [0.29, 0.717) is 24.0 Å². The summed E-state index contributed by atoms with van der Waals surface area (Å²) in [5.74, 6) is -9.35. The van der Waals surface area contributed by atoms with Crippen LogP contribution in [0.2, 0.25) is 0 Å². The van der Waals surface area contributed by atoms with Crippen LogP contribution in [0.25, 0.3) is 0 Å². The van der Waals surface area contributed by atoms with Crippen molar-refractivity contribution < 1.29 is 39.0 Å². The molecule has 41 heavy (non-hydrogen) atoms. The SMILES string of the molecule is CCCC(=O)Cc1cc(C(C)C)c2c(c1O)C(=O)C1C(=O)[C@@]3(O)C(=O)C(C(C)=O)C(=O)C(C(C)C)[C@@]3(C)C[C@@]1(C)C2. The quantitative estimate of drug-likeness (QED) is 0.469. The Hall–Kier alpha value is -3.00. The van der Waals surface area contributed by atoms with E-state index in [4.69, 9.17) is 0 Å². The van der Waals surface area contributed by atoms with Gasteiger partial charge in [0.05, 0.1) is 11.5 Å². The number of carbonyl (C=O) groups is 6. The fraction of sp³-hybridized carbons (Fsp3) is 0.636. The van der Waals surface area contributed by atoms with Gasteiger partial charge >= 0.3 is 0 Å². The number of ketones is 6. The Bertz CT molecular complexity index is 1390. The van der Waals surface area contributed by atoms with Gasteiger partial charge in [0.15, 0.2) is 28.7 Å². The maximum atomic E-state index is 14.4. The van der Waals surface area contributed by atoms with E-state index in [1.807, 2.05) is 20.8 Å². The maximum absolute atomic E-state index is 14.4. The first-order valence-corrected chi connectivity index (χ1v) is 14.7. The molecule has 2 fully saturated rings. The number of Topliss-reactive ketones (excluding diaryl/α,β-unsaturated/α-hetero) is 6. The number of aromatic hydroxyl groups is 1. The summed E-state index contributed by atoms with van der Waals surface area (Å²) in [7, 11) is 0. The van der Waals surface area contributed by atoms with Crippen LogP contribution in [0.1, 0.15) is 108 Å². The predicted octanol–water partition coefficient (Wildman–Crippen LogP) is 4.13. The van der Waals surface area contributed by atoms with Crippen LogP contribution in [0.3, 0.4) is 0 Å². The second-order valence-corrected chi connectivity index (χ2v) is 13.8. The average molecular weight is 567 g/mol. The Morgan fingerprint density at radius 2 is 1.66 bits per heavy atom. The zero-order chi connectivity index (χ0) is 31.0. The molecule has 0 radical (unpaired) electrons. The van der Waals surface area contributed by atoms with E-state index in [9.17, 15) is 39.0 Å². The second kappa shape index (κ2) is 10.1. The molecule has 222 valence electrons. The molecule has 6 atom stereocenters. The molecule has 8 heteroatoms. The van der Waals surface area contributed by atoms with Gasteiger partial charge in [0.2, 0.25) is 0 Å². The first-order valence-electron chi connectivity index (χ1n) is 14.7. The van der Waals surface area contributed by atoms with Gasteiger partial charge in [-0.05, 0) is 54.6 Å². The molecule has 2 N–H and O–H groups in total. The summed E-state index contributed by atoms with van der Waals surface area (Å²) in [6.45, 7) is 13.7. The third-order valence-electron chi connectivity index (χ3n) is 10.0. The molecule has 3 aliphatic rings. The summed E-state index contributed by atoms with van der Waals surface area (Å²) in [4.78, 5) is 81.2. The molecule has 0 aromatic heterocycles. The Balaban J connectivity index is 1.97. The number of hydrogen-bond donors (Lipinski definition) is 2. The van der Waals surface area contributed by atoms with E-state index < -0.39 is 69.0 Å². The van der Waals surface area contributed by atoms with Crippen LogP contribution >= 0.6 is 0 Å². The summed E-state index contributed by atoms with van der Waals surface area (Å²) in [6, 6.07) is 1.77. The molecule has 0 bridgehead atoms. The van der Waals surface area contributed by atoms with Crippen molar-refractivity contribution in [3.63, 3.8) is 0 Å². The molecule has 2 saturated carbocycles. The third kappa shape index (κ3) is 4.19. The first kappa shape index (κ1) is 30.9. The minimum absolute atomic E-state index is 0.0120. The van der Waals surface area contributed by atoms with Crippen LogP contribution < -0.4 is 0 Å². The Labute approximate surface area is 241 Å². The van der Waals surface area contributed by atoms with E-state index in [0.717, 1.165) is 12.5 Å². The van der Waals surface area contributed by atoms with Gasteiger partial charge in [-0.1, -0.05) is 54.5 Å². The highest BCUT2D eigenvalue weighted by Crippen LogP contribution is 2.64. The van der Waals surface area contributed by atoms with Gasteiger partial charge < -0.3 is 10.2 Å². The Morgan fingerprint density at radius 3 is 2.17 bits per heavy atom. The fourth-order valence-corrected chi connectivity index (χ4v) is 8.52. The van der Waals surface area contributed by atoms with Gasteiger partial charge in [0.1, 0.15) is 23.2 Å². The number of carbonyl (C=O) groups excluding carboxylic acids is 6. The summed E-state index contributed by atoms with van der Waals surface area (Å²) in [5.41, 5.74) is -3.70. The van der Waals surface area contributed by atoms with E-state index in [2.05, 4.69) is 0 Å². The number of phenolic OH excluding ortho intramolecular Hbond substituents is 1. The van der Waals surface area contributed by atoms with Crippen molar-refractivity contribution in [3.8, 4) is 5.75 Å². The lowest BCUT2D eigenvalue weighted by molar-refractivity contribution is -0.205. The van der Waals surface area contributed by atoms with E-state index in [1.54, 1.807) is 33.8 Å². The lowest BCUT2D eigenvalue weighted by Gasteiger charge is -2.62. The second-order valence-electron chi connectivity index (χ2n) is 13.8. The van der Waals surface area contributed by atoms with E-state index in [-0.39, 0.29) is 42.3 Å². The highest BCUT2D eigenvalue weighted by Gasteiger charge is 2.76. The molecule has 3 aliphatic carbocycles. The smallest absolute Gasteiger partial charge is 0.190 e. The number of phenols is 1. The molecular weight excluding hydrogens is 524 g/mol. The minimum Gasteiger partial charge on any atom is -0.507 e. The number of benzene rings is 1. The van der Waals surface area contributed by atoms with Gasteiger partial charge in [-0.2, -0.15) is 0 Å². The lowest BCUT2D eigenvalue weighted by atomic mass is 9.39. The molecule has 0 aliphatic heterocycles. The molecule has 1 aromatic rings. The molecular formula is C33H42O8. The predicted molar refractivity (Wildman–Crippen MR) is 151 cm³/mol. The van der Waals surface area contributed by atoms with Crippen molar-refractivity contribution in [3.05, 3.63) is 28.3 Å². The Kier molecular flexibility index (Phi) is 7.60. The lowest BCUT2D eigenvalue weighted by Crippen LogP contribution is -2.76. The van der Waals surface area contributed by atoms with Crippen LogP contribution in [-0.4, -0.2) is 50.5 Å². The normalized spacial score (nSPS) is 33.1. The summed E-state index contributed by atoms with van der Waals surface area (Å²) in [5, 5.41) is 23.5. The van der Waals surface area contributed by atoms with Crippen molar-refractivity contribution in [2.45, 2.75) is 99.0 Å². The van der Waals surface area contributed by atoms with Crippen molar-refractivity contribution in [1.29, 1.82) is 0 Å². The van der Waals surface area contributed by atoms with Gasteiger partial charge in [-0.15, -0.1) is 0 Å². The van der Waals surface area contributed by atoms with Crippen molar-refractivity contribution in [1.82, 2.24) is 0 Å². The summed E-state index contributed by atoms with van der Waals surface area (Å²) in [6.07, 6.45) is 1.11. The van der Waals surface area contributed by atoms with Gasteiger partial charge in [0, 0.05) is 29.7 Å². The van der Waals surface area contributed by atoms with Gasteiger partial charge in [0.25, 0.3) is 0 Å². The third-order valence-corrected chi connectivity index (χ3v) is 10.0. The zero-order valence-electron chi connectivity index (χ0n) is 25.3. The van der Waals surface area contributed by atoms with Crippen molar-refractivity contribution in [2.75, 3.05) is 0 Å². The maximum Gasteiger partial charge on any atom is 0.190 e. The molecule has 8 nitrogen and oxygen atoms in total. The first-order chi connectivity index (χ1) is 18.9. The molecule has 1 aromatic carbocycles. The fourth-order valence-electron chi connectivity index (χ4n) is 8.52. The van der Waals surface area contributed by atoms with Gasteiger partial charge in [-0.3, -0.25) is 28.8 Å². The average Bonchev–Trinajstić information content (AvgIpc) is 2.82. The highest BCUT2D eigenvalue weighted by atomic mass is 16.3. The summed E-state index contributed by atoms with van der Waals surface area (Å²) >= 11 is 0. The zero-order valence-corrected chi connectivity index (χ0v) is 25.3. The highest BCUT2D eigenvalue weighted by molar-refractivity contribution is 6.32. The molecule has 0 saturated heterocycles. The van der Waals surface area contributed by atoms with Crippen LogP contribution in [0.5, 0.6) is 5.75 Å². The topological polar surface area (TPSA) is 143 Å². The number of hydrogen-bond acceptors (Lipinski definition) is 8. The number of aliphatic hydroxyl groups is 1. The standard InChI is InChI=1S/C33H42O8/c1-9-10-19(35)11-18-12-20(15(2)3)21-13-31(7)14-32(8)24(16(4)5)27(37)22(17(6)34)29(39)33(32,41)30(40)25(31)28(38)23(21)26(18)36/h12,15-16,22,24-25,36,41H,9-11,13-14H2,1-8H3/t22?,24?,25?,31-,32-,33+/m1/s1. The van der Waals surface area contributed by atoms with E-state index >= 15 is 0 Å². The van der Waals surface area contributed by atoms with E-state index in [1.165, 1.54) is 0 Å². The minimum atomic E-state index is -2.73.